The summed E-state index contributed by atoms with van der Waals surface area (Å²) in [7, 11) is 0. The Kier molecular flexibility index (Phi) is 4.26. The molecule has 1 saturated heterocycles. The zero-order valence-electron chi connectivity index (χ0n) is 10.6. The number of nitrogens with zero attached hydrogens (tertiary/aromatic N) is 1. The monoisotopic (exact) mass is 241 g/mol. The van der Waals surface area contributed by atoms with Crippen molar-refractivity contribution in [3.05, 3.63) is 0 Å². The van der Waals surface area contributed by atoms with Gasteiger partial charge in [0.15, 0.2) is 0 Å². The number of hydrogen-bond acceptors (Lipinski definition) is 3. The molecule has 0 aromatic carbocycles. The van der Waals surface area contributed by atoms with Gasteiger partial charge in [0, 0.05) is 12.6 Å². The second kappa shape index (κ2) is 5.71. The quantitative estimate of drug-likeness (QED) is 0.770. The van der Waals surface area contributed by atoms with Crippen molar-refractivity contribution in [1.29, 1.82) is 0 Å². The number of aliphatic hydroxyl groups is 1. The molecule has 0 spiro atoms. The normalized spacial score (nSPS) is 32.4. The fraction of sp³-hybridized carbons (Fsp3) is 0.923. The van der Waals surface area contributed by atoms with Gasteiger partial charge in [-0.15, -0.1) is 0 Å². The summed E-state index contributed by atoms with van der Waals surface area (Å²) in [6.07, 6.45) is 5.29. The van der Waals surface area contributed by atoms with Crippen molar-refractivity contribution >= 4 is 6.09 Å². The molecule has 4 heteroatoms. The average molecular weight is 241 g/mol. The molecule has 0 radical (unpaired) electrons. The Hall–Kier alpha value is -0.770. The van der Waals surface area contributed by atoms with E-state index in [1.807, 2.05) is 4.90 Å². The summed E-state index contributed by atoms with van der Waals surface area (Å²) in [6.45, 7) is 3.42. The largest absolute Gasteiger partial charge is 0.449 e. The summed E-state index contributed by atoms with van der Waals surface area (Å²) in [5, 5.41) is 9.62. The minimum Gasteiger partial charge on any atom is -0.449 e. The predicted molar refractivity (Wildman–Crippen MR) is 64.7 cm³/mol. The highest BCUT2D eigenvalue weighted by Gasteiger charge is 2.41. The van der Waals surface area contributed by atoms with Crippen molar-refractivity contribution in [1.82, 2.24) is 4.90 Å². The van der Waals surface area contributed by atoms with E-state index in [9.17, 15) is 9.90 Å². The fourth-order valence-corrected chi connectivity index (χ4v) is 3.03. The van der Waals surface area contributed by atoms with Gasteiger partial charge in [-0.2, -0.15) is 0 Å². The number of hydrogen-bond donors (Lipinski definition) is 1. The lowest BCUT2D eigenvalue weighted by Crippen LogP contribution is -2.41. The van der Waals surface area contributed by atoms with Crippen LogP contribution >= 0.6 is 0 Å². The standard InChI is InChI=1S/C13H23NO3/c1-2-3-8-17-13(16)14-7-6-10-9-11(15)4-5-12(10)14/h10-12,15H,2-9H2,1H3/t10-,11+,12+/m0/s1. The third kappa shape index (κ3) is 2.92. The molecule has 2 aliphatic rings. The Morgan fingerprint density at radius 2 is 2.24 bits per heavy atom. The van der Waals surface area contributed by atoms with E-state index < -0.39 is 0 Å². The van der Waals surface area contributed by atoms with Crippen LogP contribution in [0.4, 0.5) is 4.79 Å². The minimum absolute atomic E-state index is 0.151. The van der Waals surface area contributed by atoms with E-state index in [-0.39, 0.29) is 12.2 Å². The van der Waals surface area contributed by atoms with Crippen molar-refractivity contribution in [2.24, 2.45) is 5.92 Å². The van der Waals surface area contributed by atoms with E-state index in [1.165, 1.54) is 0 Å². The van der Waals surface area contributed by atoms with Gasteiger partial charge < -0.3 is 14.7 Å². The van der Waals surface area contributed by atoms with Crippen molar-refractivity contribution in [3.8, 4) is 0 Å². The molecule has 2 rings (SSSR count). The molecule has 1 N–H and O–H groups in total. The topological polar surface area (TPSA) is 49.8 Å². The highest BCUT2D eigenvalue weighted by molar-refractivity contribution is 5.68. The van der Waals surface area contributed by atoms with Crippen LogP contribution in [0, 0.1) is 5.92 Å². The molecule has 1 amide bonds. The van der Waals surface area contributed by atoms with Gasteiger partial charge >= 0.3 is 6.09 Å². The van der Waals surface area contributed by atoms with E-state index in [4.69, 9.17) is 4.74 Å². The molecule has 0 aromatic heterocycles. The lowest BCUT2D eigenvalue weighted by molar-refractivity contribution is 0.0548. The maximum Gasteiger partial charge on any atom is 0.410 e. The zero-order valence-corrected chi connectivity index (χ0v) is 10.6. The Morgan fingerprint density at radius 3 is 3.00 bits per heavy atom. The van der Waals surface area contributed by atoms with Crippen molar-refractivity contribution in [2.45, 2.75) is 57.6 Å². The third-order valence-electron chi connectivity index (χ3n) is 4.01. The first-order chi connectivity index (χ1) is 8.22. The minimum atomic E-state index is -0.160. The van der Waals surface area contributed by atoms with Crippen molar-refractivity contribution in [2.75, 3.05) is 13.2 Å². The molecular formula is C13H23NO3. The molecular weight excluding hydrogens is 218 g/mol. The first-order valence-corrected chi connectivity index (χ1v) is 6.83. The molecule has 4 nitrogen and oxygen atoms in total. The Balaban J connectivity index is 1.83. The van der Waals surface area contributed by atoms with Crippen LogP contribution < -0.4 is 0 Å². The second-order valence-electron chi connectivity index (χ2n) is 5.24. The molecule has 1 aliphatic heterocycles. The van der Waals surface area contributed by atoms with E-state index in [0.717, 1.165) is 45.1 Å². The van der Waals surface area contributed by atoms with Crippen molar-refractivity contribution in [3.63, 3.8) is 0 Å². The summed E-state index contributed by atoms with van der Waals surface area (Å²) < 4.78 is 5.27. The number of carbonyl (C=O) groups is 1. The number of aliphatic hydroxyl groups excluding tert-OH is 1. The summed E-state index contributed by atoms with van der Waals surface area (Å²) in [4.78, 5) is 13.8. The van der Waals surface area contributed by atoms with Gasteiger partial charge in [-0.25, -0.2) is 4.79 Å². The number of fused-ring (bicyclic) bond motifs is 1. The first-order valence-electron chi connectivity index (χ1n) is 6.83. The predicted octanol–water partition coefficient (Wildman–Crippen LogP) is 2.16. The Bertz CT molecular complexity index is 269. The van der Waals surface area contributed by atoms with E-state index in [2.05, 4.69) is 6.92 Å². The molecule has 17 heavy (non-hydrogen) atoms. The van der Waals surface area contributed by atoms with Crippen LogP contribution in [-0.2, 0) is 4.74 Å². The van der Waals surface area contributed by atoms with Crippen LogP contribution in [0.25, 0.3) is 0 Å². The third-order valence-corrected chi connectivity index (χ3v) is 4.01. The van der Waals surface area contributed by atoms with Crippen LogP contribution in [0.1, 0.15) is 45.4 Å². The van der Waals surface area contributed by atoms with Crippen LogP contribution in [0.2, 0.25) is 0 Å². The molecule has 0 bridgehead atoms. The first kappa shape index (κ1) is 12.7. The van der Waals surface area contributed by atoms with E-state index in [1.54, 1.807) is 0 Å². The number of likely N-dealkylation sites (tertiary alicyclic amines) is 1. The highest BCUT2D eigenvalue weighted by atomic mass is 16.6. The highest BCUT2D eigenvalue weighted by Crippen LogP contribution is 2.36. The molecule has 3 atom stereocenters. The molecule has 1 heterocycles. The number of carbonyl (C=O) groups excluding carboxylic acids is 1. The zero-order chi connectivity index (χ0) is 12.3. The van der Waals surface area contributed by atoms with Gasteiger partial charge in [0.2, 0.25) is 0 Å². The number of ether oxygens (including phenoxy) is 1. The summed E-state index contributed by atoms with van der Waals surface area (Å²) in [5.41, 5.74) is 0. The number of amides is 1. The van der Waals surface area contributed by atoms with Crippen molar-refractivity contribution < 1.29 is 14.6 Å². The maximum atomic E-state index is 11.9. The SMILES string of the molecule is CCCCOC(=O)N1CC[C@H]2C[C@H](O)CC[C@H]21. The number of unbranched alkanes of at least 4 members (excludes halogenated alkanes) is 1. The maximum absolute atomic E-state index is 11.9. The number of rotatable bonds is 3. The molecule has 0 unspecified atom stereocenters. The van der Waals surface area contributed by atoms with Crippen LogP contribution in [0.15, 0.2) is 0 Å². The van der Waals surface area contributed by atoms with Gasteiger partial charge in [-0.1, -0.05) is 13.3 Å². The Labute approximate surface area is 103 Å². The van der Waals surface area contributed by atoms with Crippen LogP contribution in [0.3, 0.4) is 0 Å². The molecule has 2 fully saturated rings. The lowest BCUT2D eigenvalue weighted by Gasteiger charge is -2.33. The van der Waals surface area contributed by atoms with Gasteiger partial charge in [-0.05, 0) is 38.0 Å². The van der Waals surface area contributed by atoms with E-state index in [0.29, 0.717) is 18.6 Å². The summed E-state index contributed by atoms with van der Waals surface area (Å²) >= 11 is 0. The fourth-order valence-electron chi connectivity index (χ4n) is 3.03. The summed E-state index contributed by atoms with van der Waals surface area (Å²) in [5.74, 6) is 0.484. The van der Waals surface area contributed by atoms with Crippen LogP contribution in [0.5, 0.6) is 0 Å². The second-order valence-corrected chi connectivity index (χ2v) is 5.24. The smallest absolute Gasteiger partial charge is 0.410 e. The summed E-state index contributed by atoms with van der Waals surface area (Å²) in [6, 6.07) is 0.313. The Morgan fingerprint density at radius 1 is 1.41 bits per heavy atom. The van der Waals surface area contributed by atoms with Crippen LogP contribution in [-0.4, -0.2) is 41.4 Å². The van der Waals surface area contributed by atoms with Gasteiger partial charge in [0.1, 0.15) is 0 Å². The molecule has 1 saturated carbocycles. The van der Waals surface area contributed by atoms with Gasteiger partial charge in [0.25, 0.3) is 0 Å². The van der Waals surface area contributed by atoms with Gasteiger partial charge in [-0.3, -0.25) is 0 Å². The molecule has 98 valence electrons. The molecule has 1 aliphatic carbocycles. The molecule has 0 aromatic rings. The average Bonchev–Trinajstić information content (AvgIpc) is 2.72. The van der Waals surface area contributed by atoms with Gasteiger partial charge in [0.05, 0.1) is 12.7 Å². The van der Waals surface area contributed by atoms with E-state index >= 15 is 0 Å². The lowest BCUT2D eigenvalue weighted by atomic mass is 9.83.